The normalized spacial score (nSPS) is 23.2. The van der Waals surface area contributed by atoms with E-state index < -0.39 is 0 Å². The summed E-state index contributed by atoms with van der Waals surface area (Å²) in [6.07, 6.45) is 9.57. The summed E-state index contributed by atoms with van der Waals surface area (Å²) in [7, 11) is 0. The summed E-state index contributed by atoms with van der Waals surface area (Å²) in [6, 6.07) is -0.316. The summed E-state index contributed by atoms with van der Waals surface area (Å²) in [6.45, 7) is 2.66. The minimum absolute atomic E-state index is 0.00531. The fourth-order valence-corrected chi connectivity index (χ4v) is 4.54. The van der Waals surface area contributed by atoms with Crippen molar-refractivity contribution in [2.75, 3.05) is 11.6 Å². The largest absolute Gasteiger partial charge is 0.350 e. The molecule has 0 aromatic carbocycles. The SMILES string of the molecule is C[C@@H](Cn1ccnc1)NC(=O)[C@H]1CSCN1C(=O)C1CCCC1. The predicted octanol–water partition coefficient (Wildman–Crippen LogP) is 1.48. The number of carbonyl (C=O) groups is 2. The van der Waals surface area contributed by atoms with E-state index in [9.17, 15) is 9.59 Å². The Labute approximate surface area is 141 Å². The summed E-state index contributed by atoms with van der Waals surface area (Å²) < 4.78 is 1.94. The van der Waals surface area contributed by atoms with E-state index in [1.807, 2.05) is 17.7 Å². The van der Waals surface area contributed by atoms with E-state index in [0.29, 0.717) is 18.2 Å². The van der Waals surface area contributed by atoms with Crippen LogP contribution in [-0.4, -0.2) is 50.0 Å². The van der Waals surface area contributed by atoms with Crippen LogP contribution in [0.25, 0.3) is 0 Å². The maximum atomic E-state index is 12.6. The minimum atomic E-state index is -0.321. The van der Waals surface area contributed by atoms with Gasteiger partial charge >= 0.3 is 0 Å². The molecule has 1 saturated heterocycles. The summed E-state index contributed by atoms with van der Waals surface area (Å²) in [5, 5.41) is 3.04. The molecule has 126 valence electrons. The van der Waals surface area contributed by atoms with Crippen molar-refractivity contribution >= 4 is 23.6 Å². The highest BCUT2D eigenvalue weighted by Gasteiger charge is 2.38. The molecule has 1 aliphatic heterocycles. The van der Waals surface area contributed by atoms with Crippen LogP contribution in [0.5, 0.6) is 0 Å². The summed E-state index contributed by atoms with van der Waals surface area (Å²) >= 11 is 1.67. The highest BCUT2D eigenvalue weighted by Crippen LogP contribution is 2.30. The Kier molecular flexibility index (Phi) is 5.25. The number of aromatic nitrogens is 2. The summed E-state index contributed by atoms with van der Waals surface area (Å²) in [5.74, 6) is 1.61. The maximum absolute atomic E-state index is 12.6. The molecule has 23 heavy (non-hydrogen) atoms. The van der Waals surface area contributed by atoms with E-state index in [-0.39, 0.29) is 29.8 Å². The van der Waals surface area contributed by atoms with Crippen molar-refractivity contribution in [1.82, 2.24) is 19.8 Å². The van der Waals surface area contributed by atoms with E-state index in [4.69, 9.17) is 0 Å². The minimum Gasteiger partial charge on any atom is -0.350 e. The fraction of sp³-hybridized carbons (Fsp3) is 0.688. The Bertz CT molecular complexity index is 542. The van der Waals surface area contributed by atoms with Crippen LogP contribution in [0, 0.1) is 5.92 Å². The van der Waals surface area contributed by atoms with Gasteiger partial charge in [0.2, 0.25) is 11.8 Å². The highest BCUT2D eigenvalue weighted by molar-refractivity contribution is 7.99. The van der Waals surface area contributed by atoms with Gasteiger partial charge in [0.1, 0.15) is 6.04 Å². The molecule has 6 nitrogen and oxygen atoms in total. The van der Waals surface area contributed by atoms with Crippen LogP contribution >= 0.6 is 11.8 Å². The number of imidazole rings is 1. The van der Waals surface area contributed by atoms with E-state index in [2.05, 4.69) is 10.3 Å². The van der Waals surface area contributed by atoms with Crippen molar-refractivity contribution in [3.63, 3.8) is 0 Å². The molecular weight excluding hydrogens is 312 g/mol. The number of rotatable bonds is 5. The second-order valence-corrected chi connectivity index (χ2v) is 7.47. The Morgan fingerprint density at radius 3 is 2.87 bits per heavy atom. The number of thioether (sulfide) groups is 1. The van der Waals surface area contributed by atoms with Crippen LogP contribution in [0.2, 0.25) is 0 Å². The van der Waals surface area contributed by atoms with Crippen molar-refractivity contribution < 1.29 is 9.59 Å². The Morgan fingerprint density at radius 2 is 2.17 bits per heavy atom. The van der Waals surface area contributed by atoms with Crippen molar-refractivity contribution in [1.29, 1.82) is 0 Å². The van der Waals surface area contributed by atoms with Crippen molar-refractivity contribution in [3.05, 3.63) is 18.7 Å². The average molecular weight is 336 g/mol. The molecule has 7 heteroatoms. The lowest BCUT2D eigenvalue weighted by atomic mass is 10.1. The van der Waals surface area contributed by atoms with Gasteiger partial charge in [-0.05, 0) is 19.8 Å². The van der Waals surface area contributed by atoms with Crippen LogP contribution in [0.1, 0.15) is 32.6 Å². The molecule has 1 aromatic rings. The van der Waals surface area contributed by atoms with Crippen LogP contribution < -0.4 is 5.32 Å². The van der Waals surface area contributed by atoms with E-state index in [1.165, 1.54) is 0 Å². The molecule has 1 saturated carbocycles. The molecule has 0 spiro atoms. The van der Waals surface area contributed by atoms with Crippen molar-refractivity contribution in [3.8, 4) is 0 Å². The quantitative estimate of drug-likeness (QED) is 0.884. The molecule has 2 fully saturated rings. The standard InChI is InChI=1S/C16H24N4O2S/c1-12(8-19-7-6-17-10-19)18-15(21)14-9-23-11-20(14)16(22)13-4-2-3-5-13/h6-7,10,12-14H,2-5,8-9,11H2,1H3,(H,18,21)/t12-,14+/m0/s1. The molecule has 2 heterocycles. The highest BCUT2D eigenvalue weighted by atomic mass is 32.2. The second-order valence-electron chi connectivity index (χ2n) is 6.47. The first-order valence-electron chi connectivity index (χ1n) is 8.29. The number of hydrogen-bond acceptors (Lipinski definition) is 4. The molecule has 2 amide bonds. The van der Waals surface area contributed by atoms with Gasteiger partial charge in [0.05, 0.1) is 12.2 Å². The number of nitrogens with one attached hydrogen (secondary N) is 1. The first-order chi connectivity index (χ1) is 11.1. The average Bonchev–Trinajstić information content (AvgIpc) is 3.27. The smallest absolute Gasteiger partial charge is 0.243 e. The molecule has 2 atom stereocenters. The molecule has 1 N–H and O–H groups in total. The summed E-state index contributed by atoms with van der Waals surface area (Å²) in [4.78, 5) is 31.0. The first kappa shape index (κ1) is 16.4. The molecule has 2 aliphatic rings. The van der Waals surface area contributed by atoms with Crippen molar-refractivity contribution in [2.24, 2.45) is 5.92 Å². The number of nitrogens with zero attached hydrogens (tertiary/aromatic N) is 3. The third kappa shape index (κ3) is 3.88. The van der Waals surface area contributed by atoms with Gasteiger partial charge in [-0.1, -0.05) is 12.8 Å². The Balaban J connectivity index is 1.55. The van der Waals surface area contributed by atoms with Gasteiger partial charge in [-0.3, -0.25) is 9.59 Å². The van der Waals surface area contributed by atoms with Crippen molar-refractivity contribution in [2.45, 2.75) is 51.2 Å². The van der Waals surface area contributed by atoms with Crippen LogP contribution in [0.4, 0.5) is 0 Å². The third-order valence-electron chi connectivity index (χ3n) is 4.60. The lowest BCUT2D eigenvalue weighted by Gasteiger charge is -2.27. The van der Waals surface area contributed by atoms with E-state index >= 15 is 0 Å². The van der Waals surface area contributed by atoms with Gasteiger partial charge in [-0.15, -0.1) is 11.8 Å². The van der Waals surface area contributed by atoms with Gasteiger partial charge in [-0.25, -0.2) is 4.98 Å². The van der Waals surface area contributed by atoms with Gasteiger partial charge in [0.15, 0.2) is 0 Å². The molecule has 0 radical (unpaired) electrons. The first-order valence-corrected chi connectivity index (χ1v) is 9.45. The zero-order valence-electron chi connectivity index (χ0n) is 13.5. The maximum Gasteiger partial charge on any atom is 0.243 e. The lowest BCUT2D eigenvalue weighted by Crippen LogP contribution is -2.51. The number of amides is 2. The fourth-order valence-electron chi connectivity index (χ4n) is 3.38. The van der Waals surface area contributed by atoms with E-state index in [1.54, 1.807) is 29.2 Å². The van der Waals surface area contributed by atoms with Crippen LogP contribution in [0.15, 0.2) is 18.7 Å². The molecule has 1 aliphatic carbocycles. The predicted molar refractivity (Wildman–Crippen MR) is 89.7 cm³/mol. The molecule has 3 rings (SSSR count). The second kappa shape index (κ2) is 7.38. The Hall–Kier alpha value is -1.50. The zero-order valence-corrected chi connectivity index (χ0v) is 14.3. The summed E-state index contributed by atoms with van der Waals surface area (Å²) in [5.41, 5.74) is 0. The molecular formula is C16H24N4O2S. The van der Waals surface area contributed by atoms with Crippen LogP contribution in [-0.2, 0) is 16.1 Å². The number of hydrogen-bond donors (Lipinski definition) is 1. The van der Waals surface area contributed by atoms with Gasteiger partial charge in [0.25, 0.3) is 0 Å². The molecule has 0 unspecified atom stereocenters. The topological polar surface area (TPSA) is 67.2 Å². The molecule has 0 bridgehead atoms. The van der Waals surface area contributed by atoms with Gasteiger partial charge in [-0.2, -0.15) is 0 Å². The monoisotopic (exact) mass is 336 g/mol. The Morgan fingerprint density at radius 1 is 1.39 bits per heavy atom. The number of carbonyl (C=O) groups excluding carboxylic acids is 2. The zero-order chi connectivity index (χ0) is 16.2. The van der Waals surface area contributed by atoms with Crippen LogP contribution in [0.3, 0.4) is 0 Å². The third-order valence-corrected chi connectivity index (χ3v) is 5.62. The lowest BCUT2D eigenvalue weighted by molar-refractivity contribution is -0.141. The van der Waals surface area contributed by atoms with Gasteiger partial charge < -0.3 is 14.8 Å². The van der Waals surface area contributed by atoms with Gasteiger partial charge in [0, 0.05) is 36.7 Å². The molecule has 1 aromatic heterocycles. The van der Waals surface area contributed by atoms with E-state index in [0.717, 1.165) is 25.7 Å².